The Labute approximate surface area is 85.7 Å². The molecule has 1 aromatic heterocycles. The number of aryl methyl sites for hydroxylation is 1. The van der Waals surface area contributed by atoms with Gasteiger partial charge in [-0.3, -0.25) is 0 Å². The van der Waals surface area contributed by atoms with E-state index in [4.69, 9.17) is 9.15 Å². The van der Waals surface area contributed by atoms with Gasteiger partial charge in [-0.05, 0) is 24.6 Å². The van der Waals surface area contributed by atoms with Gasteiger partial charge < -0.3 is 14.3 Å². The van der Waals surface area contributed by atoms with Crippen molar-refractivity contribution in [3.05, 3.63) is 34.2 Å². The highest BCUT2D eigenvalue weighted by molar-refractivity contribution is 5.87. The van der Waals surface area contributed by atoms with Crippen LogP contribution in [0.3, 0.4) is 0 Å². The molecule has 78 valence electrons. The molecule has 0 atom stereocenters. The molecule has 0 fully saturated rings. The van der Waals surface area contributed by atoms with Crippen LogP contribution in [-0.4, -0.2) is 12.2 Å². The number of hydrogen-bond acceptors (Lipinski definition) is 4. The first-order chi connectivity index (χ1) is 7.13. The molecule has 1 aromatic carbocycles. The third-order valence-electron chi connectivity index (χ3n) is 2.26. The topological polar surface area (TPSA) is 59.7 Å². The summed E-state index contributed by atoms with van der Waals surface area (Å²) in [6.07, 6.45) is 0. The summed E-state index contributed by atoms with van der Waals surface area (Å²) in [5.41, 5.74) is 0.617. The second-order valence-electron chi connectivity index (χ2n) is 3.24. The predicted octanol–water partition coefficient (Wildman–Crippen LogP) is 1.82. The van der Waals surface area contributed by atoms with Gasteiger partial charge in [0, 0.05) is 11.5 Å². The summed E-state index contributed by atoms with van der Waals surface area (Å²) in [5, 5.41) is 10.3. The number of phenolic OH excluding ortho intramolecular Hbond substituents is 1. The van der Waals surface area contributed by atoms with E-state index in [1.807, 2.05) is 0 Å². The van der Waals surface area contributed by atoms with E-state index < -0.39 is 5.63 Å². The van der Waals surface area contributed by atoms with Gasteiger partial charge in [0.1, 0.15) is 0 Å². The molecule has 2 aromatic rings. The van der Waals surface area contributed by atoms with Crippen LogP contribution in [0.5, 0.6) is 11.5 Å². The molecule has 2 rings (SSSR count). The lowest BCUT2D eigenvalue weighted by Gasteiger charge is -2.06. The number of hydrogen-bond donors (Lipinski definition) is 1. The quantitative estimate of drug-likeness (QED) is 0.723. The largest absolute Gasteiger partial charge is 0.504 e. The van der Waals surface area contributed by atoms with Crippen molar-refractivity contribution in [2.24, 2.45) is 0 Å². The van der Waals surface area contributed by atoms with Gasteiger partial charge in [0.25, 0.3) is 0 Å². The van der Waals surface area contributed by atoms with Crippen LogP contribution in [0.2, 0.25) is 0 Å². The van der Waals surface area contributed by atoms with Gasteiger partial charge in [0.05, 0.1) is 7.11 Å². The molecule has 4 nitrogen and oxygen atoms in total. The minimum Gasteiger partial charge on any atom is -0.504 e. The predicted molar refractivity (Wildman–Crippen MR) is 55.4 cm³/mol. The van der Waals surface area contributed by atoms with Crippen molar-refractivity contribution in [1.29, 1.82) is 0 Å². The van der Waals surface area contributed by atoms with Crippen LogP contribution in [0.1, 0.15) is 5.56 Å². The molecule has 0 aliphatic heterocycles. The highest BCUT2D eigenvalue weighted by Gasteiger charge is 2.11. The lowest BCUT2D eigenvalue weighted by Crippen LogP contribution is -1.99. The Morgan fingerprint density at radius 3 is 2.80 bits per heavy atom. The molecule has 1 heterocycles. The molecular weight excluding hydrogens is 196 g/mol. The number of ether oxygens (including phenoxy) is 1. The van der Waals surface area contributed by atoms with Gasteiger partial charge in [-0.1, -0.05) is 0 Å². The summed E-state index contributed by atoms with van der Waals surface area (Å²) >= 11 is 0. The van der Waals surface area contributed by atoms with E-state index in [1.54, 1.807) is 13.0 Å². The minimum absolute atomic E-state index is 0.0428. The molecule has 0 unspecified atom stereocenters. The third kappa shape index (κ3) is 1.44. The van der Waals surface area contributed by atoms with E-state index in [-0.39, 0.29) is 17.1 Å². The van der Waals surface area contributed by atoms with Gasteiger partial charge in [0.2, 0.25) is 5.75 Å². The highest BCUT2D eigenvalue weighted by Crippen LogP contribution is 2.34. The highest BCUT2D eigenvalue weighted by atomic mass is 16.5. The molecule has 4 heteroatoms. The first-order valence-corrected chi connectivity index (χ1v) is 4.44. The van der Waals surface area contributed by atoms with Crippen molar-refractivity contribution in [3.63, 3.8) is 0 Å². The normalized spacial score (nSPS) is 10.5. The molecule has 0 aliphatic rings. The van der Waals surface area contributed by atoms with Crippen molar-refractivity contribution in [2.45, 2.75) is 6.92 Å². The molecule has 0 amide bonds. The zero-order valence-corrected chi connectivity index (χ0v) is 8.40. The number of fused-ring (bicyclic) bond motifs is 1. The Balaban J connectivity index is 2.97. The summed E-state index contributed by atoms with van der Waals surface area (Å²) < 4.78 is 9.99. The van der Waals surface area contributed by atoms with Crippen LogP contribution in [-0.2, 0) is 0 Å². The summed E-state index contributed by atoms with van der Waals surface area (Å²) in [7, 11) is 1.41. The maximum absolute atomic E-state index is 11.2. The molecule has 0 bridgehead atoms. The lowest BCUT2D eigenvalue weighted by molar-refractivity contribution is 0.369. The van der Waals surface area contributed by atoms with Crippen LogP contribution in [0.25, 0.3) is 11.0 Å². The zero-order valence-electron chi connectivity index (χ0n) is 8.40. The summed E-state index contributed by atoms with van der Waals surface area (Å²) in [5.74, 6) is 0.145. The Kier molecular flexibility index (Phi) is 2.11. The van der Waals surface area contributed by atoms with E-state index >= 15 is 0 Å². The zero-order chi connectivity index (χ0) is 11.0. The van der Waals surface area contributed by atoms with Gasteiger partial charge in [-0.15, -0.1) is 0 Å². The first kappa shape index (κ1) is 9.58. The van der Waals surface area contributed by atoms with E-state index in [1.165, 1.54) is 19.2 Å². The Bertz CT molecular complexity index is 569. The summed E-state index contributed by atoms with van der Waals surface area (Å²) in [4.78, 5) is 11.2. The molecule has 0 saturated heterocycles. The van der Waals surface area contributed by atoms with Crippen LogP contribution in [0.15, 0.2) is 27.4 Å². The molecular formula is C11H10O4. The van der Waals surface area contributed by atoms with Crippen molar-refractivity contribution in [1.82, 2.24) is 0 Å². The van der Waals surface area contributed by atoms with Crippen molar-refractivity contribution >= 4 is 11.0 Å². The second kappa shape index (κ2) is 3.31. The molecule has 0 radical (unpaired) electrons. The van der Waals surface area contributed by atoms with E-state index in [9.17, 15) is 9.90 Å². The van der Waals surface area contributed by atoms with Crippen molar-refractivity contribution < 1.29 is 14.3 Å². The fourth-order valence-electron chi connectivity index (χ4n) is 1.55. The summed E-state index contributed by atoms with van der Waals surface area (Å²) in [6.45, 7) is 1.80. The van der Waals surface area contributed by atoms with Crippen LogP contribution in [0, 0.1) is 6.92 Å². The molecule has 15 heavy (non-hydrogen) atoms. The van der Waals surface area contributed by atoms with Gasteiger partial charge in [-0.25, -0.2) is 4.79 Å². The number of phenols is 1. The fraction of sp³-hybridized carbons (Fsp3) is 0.182. The Morgan fingerprint density at radius 1 is 1.40 bits per heavy atom. The minimum atomic E-state index is -0.455. The standard InChI is InChI=1S/C11H10O4/c1-6-5-9(13)15-10-7(6)3-4-8(12)11(10)14-2/h3-5,12H,1-2H3. The maximum atomic E-state index is 11.2. The van der Waals surface area contributed by atoms with Crippen LogP contribution >= 0.6 is 0 Å². The Morgan fingerprint density at radius 2 is 2.13 bits per heavy atom. The van der Waals surface area contributed by atoms with Gasteiger partial charge in [-0.2, -0.15) is 0 Å². The second-order valence-corrected chi connectivity index (χ2v) is 3.24. The van der Waals surface area contributed by atoms with E-state index in [0.717, 1.165) is 10.9 Å². The lowest BCUT2D eigenvalue weighted by atomic mass is 10.1. The average molecular weight is 206 g/mol. The molecule has 0 aliphatic carbocycles. The van der Waals surface area contributed by atoms with Crippen molar-refractivity contribution in [2.75, 3.05) is 7.11 Å². The van der Waals surface area contributed by atoms with Crippen LogP contribution in [0.4, 0.5) is 0 Å². The maximum Gasteiger partial charge on any atom is 0.336 e. The van der Waals surface area contributed by atoms with Crippen LogP contribution < -0.4 is 10.4 Å². The number of aromatic hydroxyl groups is 1. The van der Waals surface area contributed by atoms with Gasteiger partial charge in [0.15, 0.2) is 11.3 Å². The third-order valence-corrected chi connectivity index (χ3v) is 2.26. The fourth-order valence-corrected chi connectivity index (χ4v) is 1.55. The molecule has 0 spiro atoms. The average Bonchev–Trinajstić information content (AvgIpc) is 2.17. The first-order valence-electron chi connectivity index (χ1n) is 4.44. The van der Waals surface area contributed by atoms with Crippen molar-refractivity contribution in [3.8, 4) is 11.5 Å². The monoisotopic (exact) mass is 206 g/mol. The number of rotatable bonds is 1. The Hall–Kier alpha value is -1.97. The number of benzene rings is 1. The number of methoxy groups -OCH3 is 1. The van der Waals surface area contributed by atoms with E-state index in [2.05, 4.69) is 0 Å². The van der Waals surface area contributed by atoms with Gasteiger partial charge >= 0.3 is 5.63 Å². The molecule has 1 N–H and O–H groups in total. The smallest absolute Gasteiger partial charge is 0.336 e. The van der Waals surface area contributed by atoms with E-state index in [0.29, 0.717) is 0 Å². The molecule has 0 saturated carbocycles. The summed E-state index contributed by atoms with van der Waals surface area (Å²) in [6, 6.07) is 4.60. The SMILES string of the molecule is COc1c(O)ccc2c(C)cc(=O)oc12.